The molecule has 6 heterocycles. The Morgan fingerprint density at radius 3 is 2.48 bits per heavy atom. The van der Waals surface area contributed by atoms with Crippen LogP contribution in [0.4, 0.5) is 4.79 Å². The number of ether oxygens (including phenoxy) is 3. The second kappa shape index (κ2) is 16.3. The van der Waals surface area contributed by atoms with Crippen LogP contribution in [-0.4, -0.2) is 91.1 Å². The summed E-state index contributed by atoms with van der Waals surface area (Å²) in [6, 6.07) is 13.5. The van der Waals surface area contributed by atoms with Gasteiger partial charge in [0.1, 0.15) is 30.0 Å². The van der Waals surface area contributed by atoms with Gasteiger partial charge in [0, 0.05) is 23.0 Å². The van der Waals surface area contributed by atoms with E-state index in [9.17, 15) is 14.4 Å². The number of methoxy groups -OCH3 is 1. The summed E-state index contributed by atoms with van der Waals surface area (Å²) in [6.45, 7) is 10.5. The van der Waals surface area contributed by atoms with Gasteiger partial charge in [0.15, 0.2) is 0 Å². The third-order valence-corrected chi connectivity index (χ3v) is 14.9. The van der Waals surface area contributed by atoms with Gasteiger partial charge in [-0.15, -0.1) is 0 Å². The highest BCUT2D eigenvalue weighted by molar-refractivity contribution is 6.07. The number of H-pyrrole nitrogens is 2. The first-order valence-corrected chi connectivity index (χ1v) is 23.0. The van der Waals surface area contributed by atoms with Gasteiger partial charge in [-0.2, -0.15) is 0 Å². The molecular formula is C49H60N8O6. The van der Waals surface area contributed by atoms with Gasteiger partial charge in [0.2, 0.25) is 11.8 Å². The largest absolute Gasteiger partial charge is 0.488 e. The van der Waals surface area contributed by atoms with Crippen molar-refractivity contribution in [2.75, 3.05) is 7.11 Å². The summed E-state index contributed by atoms with van der Waals surface area (Å²) in [5.74, 6) is 2.73. The molecule has 10 rings (SSSR count). The van der Waals surface area contributed by atoms with E-state index in [1.165, 1.54) is 7.11 Å². The number of carbonyl (C=O) groups is 3. The highest BCUT2D eigenvalue weighted by atomic mass is 16.5. The number of imidazole rings is 2. The van der Waals surface area contributed by atoms with Crippen LogP contribution in [0.15, 0.2) is 48.7 Å². The lowest BCUT2D eigenvalue weighted by Crippen LogP contribution is -2.55. The van der Waals surface area contributed by atoms with Gasteiger partial charge in [0.25, 0.3) is 0 Å². The van der Waals surface area contributed by atoms with Gasteiger partial charge >= 0.3 is 6.09 Å². The summed E-state index contributed by atoms with van der Waals surface area (Å²) in [5, 5.41) is 4.99. The number of likely N-dealkylation sites (tertiary alicyclic amines) is 2. The van der Waals surface area contributed by atoms with E-state index in [1.54, 1.807) is 0 Å². The number of aromatic amines is 2. The highest BCUT2D eigenvalue weighted by Crippen LogP contribution is 2.49. The molecular weight excluding hydrogens is 797 g/mol. The molecule has 5 N–H and O–H groups in total. The fourth-order valence-electron chi connectivity index (χ4n) is 11.7. The van der Waals surface area contributed by atoms with Crippen molar-refractivity contribution in [2.24, 2.45) is 23.5 Å². The molecule has 0 bridgehead atoms. The van der Waals surface area contributed by atoms with Crippen LogP contribution in [0.5, 0.6) is 5.75 Å². The molecule has 3 aromatic carbocycles. The molecule has 5 aliphatic rings. The van der Waals surface area contributed by atoms with Crippen LogP contribution >= 0.6 is 0 Å². The van der Waals surface area contributed by atoms with Crippen LogP contribution in [0.1, 0.15) is 115 Å². The molecule has 3 saturated heterocycles. The second-order valence-corrected chi connectivity index (χ2v) is 19.3. The minimum Gasteiger partial charge on any atom is -0.488 e. The van der Waals surface area contributed by atoms with Crippen LogP contribution in [0.2, 0.25) is 0 Å². The van der Waals surface area contributed by atoms with E-state index in [-0.39, 0.29) is 60.0 Å². The molecule has 1 saturated carbocycles. The number of nitrogens with zero attached hydrogens (tertiary/aromatic N) is 4. The van der Waals surface area contributed by atoms with Crippen molar-refractivity contribution in [2.45, 2.75) is 141 Å². The zero-order valence-electron chi connectivity index (χ0n) is 37.1. The maximum atomic E-state index is 14.5. The van der Waals surface area contributed by atoms with Crippen molar-refractivity contribution < 1.29 is 28.6 Å². The van der Waals surface area contributed by atoms with E-state index < -0.39 is 18.2 Å². The molecule has 332 valence electrons. The van der Waals surface area contributed by atoms with Crippen molar-refractivity contribution >= 4 is 39.7 Å². The Bertz CT molecular complexity index is 2570. The number of hydrogen-bond donors (Lipinski definition) is 4. The lowest BCUT2D eigenvalue weighted by atomic mass is 9.85. The number of nitrogens with one attached hydrogen (secondary N) is 3. The Labute approximate surface area is 368 Å². The lowest BCUT2D eigenvalue weighted by molar-refractivity contribution is -0.140. The number of alkyl carbamates (subject to hydrolysis) is 1. The number of fused-ring (bicyclic) bond motifs is 7. The van der Waals surface area contributed by atoms with E-state index in [1.807, 2.05) is 38.8 Å². The second-order valence-electron chi connectivity index (χ2n) is 19.3. The first-order valence-electron chi connectivity index (χ1n) is 23.0. The predicted octanol–water partition coefficient (Wildman–Crippen LogP) is 8.07. The number of amides is 3. The molecule has 4 aliphatic heterocycles. The summed E-state index contributed by atoms with van der Waals surface area (Å²) >= 11 is 0. The van der Waals surface area contributed by atoms with Gasteiger partial charge in [-0.3, -0.25) is 9.59 Å². The van der Waals surface area contributed by atoms with Crippen molar-refractivity contribution in [1.29, 1.82) is 0 Å². The van der Waals surface area contributed by atoms with Crippen LogP contribution in [-0.2, 0) is 25.7 Å². The van der Waals surface area contributed by atoms with E-state index in [0.717, 1.165) is 106 Å². The van der Waals surface area contributed by atoms with Crippen molar-refractivity contribution in [1.82, 2.24) is 35.1 Å². The van der Waals surface area contributed by atoms with E-state index >= 15 is 0 Å². The van der Waals surface area contributed by atoms with Gasteiger partial charge in [-0.25, -0.2) is 14.8 Å². The van der Waals surface area contributed by atoms with Gasteiger partial charge < -0.3 is 45.0 Å². The molecule has 1 aliphatic carbocycles. The maximum Gasteiger partial charge on any atom is 0.407 e. The van der Waals surface area contributed by atoms with Crippen LogP contribution < -0.4 is 15.8 Å². The monoisotopic (exact) mass is 856 g/mol. The minimum absolute atomic E-state index is 0.0209. The number of carbonyl (C=O) groups excluding carboxylic acids is 3. The minimum atomic E-state index is -0.735. The number of benzene rings is 3. The average Bonchev–Trinajstić information content (AvgIpc) is 4.12. The van der Waals surface area contributed by atoms with Gasteiger partial charge in [0.05, 0.1) is 60.4 Å². The number of aromatic nitrogens is 4. The smallest absolute Gasteiger partial charge is 0.407 e. The molecule has 2 aromatic heterocycles. The van der Waals surface area contributed by atoms with Crippen molar-refractivity contribution in [3.05, 3.63) is 65.9 Å². The third kappa shape index (κ3) is 7.32. The van der Waals surface area contributed by atoms with Crippen LogP contribution in [0.3, 0.4) is 0 Å². The lowest BCUT2D eigenvalue weighted by Gasteiger charge is -2.39. The summed E-state index contributed by atoms with van der Waals surface area (Å²) in [7, 11) is 1.32. The molecule has 4 fully saturated rings. The number of rotatable bonds is 8. The van der Waals surface area contributed by atoms with Crippen LogP contribution in [0, 0.1) is 17.8 Å². The quantitative estimate of drug-likeness (QED) is 0.120. The topological polar surface area (TPSA) is 181 Å². The summed E-state index contributed by atoms with van der Waals surface area (Å²) in [4.78, 5) is 62.1. The molecule has 0 unspecified atom stereocenters. The molecule has 14 heteroatoms. The fraction of sp³-hybridized carbons (Fsp3) is 0.531. The summed E-state index contributed by atoms with van der Waals surface area (Å²) < 4.78 is 17.4. The Kier molecular flexibility index (Phi) is 10.7. The van der Waals surface area contributed by atoms with E-state index in [0.29, 0.717) is 25.4 Å². The van der Waals surface area contributed by atoms with Gasteiger partial charge in [-0.05, 0) is 130 Å². The molecule has 0 radical (unpaired) electrons. The van der Waals surface area contributed by atoms with Gasteiger partial charge in [-0.1, -0.05) is 38.5 Å². The normalized spacial score (nSPS) is 27.6. The van der Waals surface area contributed by atoms with Crippen molar-refractivity contribution in [3.63, 3.8) is 0 Å². The Hall–Kier alpha value is -5.47. The van der Waals surface area contributed by atoms with Crippen molar-refractivity contribution in [3.8, 4) is 28.1 Å². The fourth-order valence-corrected chi connectivity index (χ4v) is 11.7. The maximum absolute atomic E-state index is 14.5. The first-order chi connectivity index (χ1) is 30.4. The molecule has 0 spiro atoms. The first kappa shape index (κ1) is 41.5. The predicted molar refractivity (Wildman–Crippen MR) is 239 cm³/mol. The third-order valence-electron chi connectivity index (χ3n) is 14.9. The molecule has 63 heavy (non-hydrogen) atoms. The summed E-state index contributed by atoms with van der Waals surface area (Å²) in [5.41, 5.74) is 13.3. The Morgan fingerprint density at radius 1 is 0.889 bits per heavy atom. The Morgan fingerprint density at radius 2 is 1.70 bits per heavy atom. The average molecular weight is 857 g/mol. The standard InChI is InChI=1S/C49H60N8O6/c1-24(2)42(50)47(58)57-38-9-7-8-30(38)20-40(57)46-52-36-14-12-28-19-35-33-13-11-29(18-32(33)23-62-41(35)21-34(28)44(36)54-46)37-22-51-45(53-37)39-15-10-25(3)56(39)48(59)43(55-49(60)61-6)31-16-26(4)63-27(5)17-31/h11-14,18-19,21-22,24-27,30-31,38-40,42-43H,7-10,15-17,20,23,50H2,1-6H3,(H,51,53)(H,52,54)(H,55,60)/t25-,26+,27+,30-,38-,39-,40-,42-,43-/m0/s1. The van der Waals surface area contributed by atoms with Crippen LogP contribution in [0.25, 0.3) is 44.2 Å². The molecule has 14 nitrogen and oxygen atoms in total. The zero-order valence-corrected chi connectivity index (χ0v) is 37.1. The zero-order chi connectivity index (χ0) is 43.8. The van der Waals surface area contributed by atoms with E-state index in [4.69, 9.17) is 29.9 Å². The highest BCUT2D eigenvalue weighted by Gasteiger charge is 2.49. The number of nitrogens with two attached hydrogens (primary N) is 1. The number of hydrogen-bond acceptors (Lipinski definition) is 9. The molecule has 9 atom stereocenters. The SMILES string of the molecule is COC(=O)N[C@H](C(=O)N1[C@@H](C)CC[C@H]1c1ncc(-c2ccc3c(c2)COc2cc4c(ccc5nc([C@@H]6C[C@@H]7CCC[C@@H]7N6C(=O)[C@@H](N)C(C)C)[nH]c54)cc2-3)[nH]1)C1C[C@@H](C)O[C@H](C)C1. The summed E-state index contributed by atoms with van der Waals surface area (Å²) in [6.07, 6.45) is 8.30. The van der Waals surface area contributed by atoms with E-state index in [2.05, 4.69) is 69.6 Å². The molecule has 5 aromatic rings. The Balaban J connectivity index is 0.905. The molecule has 3 amide bonds.